The van der Waals surface area contributed by atoms with Gasteiger partial charge in [0.05, 0.1) is 14.2 Å². The van der Waals surface area contributed by atoms with Gasteiger partial charge in [-0.25, -0.2) is 0 Å². The van der Waals surface area contributed by atoms with Gasteiger partial charge < -0.3 is 14.4 Å². The van der Waals surface area contributed by atoms with Gasteiger partial charge in [-0.3, -0.25) is 0 Å². The normalized spacial score (nSPS) is 14.2. The van der Waals surface area contributed by atoms with E-state index in [0.717, 1.165) is 30.0 Å². The highest BCUT2D eigenvalue weighted by molar-refractivity contribution is 5.94. The Morgan fingerprint density at radius 2 is 1.56 bits per heavy atom. The van der Waals surface area contributed by atoms with Crippen LogP contribution in [0.1, 0.15) is 28.7 Å². The van der Waals surface area contributed by atoms with Gasteiger partial charge in [0.25, 0.3) is 0 Å². The maximum Gasteiger partial charge on any atom is 0.161 e. The minimum Gasteiger partial charge on any atom is -0.493 e. The van der Waals surface area contributed by atoms with Crippen molar-refractivity contribution in [2.45, 2.75) is 6.42 Å². The maximum absolute atomic E-state index is 5.54. The van der Waals surface area contributed by atoms with Crippen LogP contribution >= 0.6 is 0 Å². The van der Waals surface area contributed by atoms with Gasteiger partial charge in [0.15, 0.2) is 11.5 Å². The lowest BCUT2D eigenvalue weighted by Crippen LogP contribution is -2.12. The first-order valence-electron chi connectivity index (χ1n) is 8.53. The lowest BCUT2D eigenvalue weighted by molar-refractivity contribution is 0.355. The molecule has 0 N–H and O–H groups in total. The summed E-state index contributed by atoms with van der Waals surface area (Å²) in [7, 11) is 7.55. The standard InChI is InChI=1S/C22H25NO2/c1-23(2)13-7-10-19-18-9-6-5-8-16(18)11-12-17-14-21(24-3)22(25-4)15-20(17)19/h5-6,8-12,14-15H,7,13H2,1-4H3/b19-10-. The molecule has 25 heavy (non-hydrogen) atoms. The Bertz CT molecular complexity index is 819. The predicted molar refractivity (Wildman–Crippen MR) is 105 cm³/mol. The largest absolute Gasteiger partial charge is 0.493 e. The third-order valence-electron chi connectivity index (χ3n) is 4.46. The van der Waals surface area contributed by atoms with Crippen molar-refractivity contribution in [1.82, 2.24) is 4.90 Å². The van der Waals surface area contributed by atoms with Gasteiger partial charge in [0.2, 0.25) is 0 Å². The van der Waals surface area contributed by atoms with Crippen molar-refractivity contribution in [3.63, 3.8) is 0 Å². The summed E-state index contributed by atoms with van der Waals surface area (Å²) < 4.78 is 11.0. The zero-order valence-corrected chi connectivity index (χ0v) is 15.4. The van der Waals surface area contributed by atoms with Gasteiger partial charge in [-0.1, -0.05) is 42.5 Å². The van der Waals surface area contributed by atoms with Crippen molar-refractivity contribution in [2.75, 3.05) is 34.9 Å². The fourth-order valence-electron chi connectivity index (χ4n) is 3.17. The maximum atomic E-state index is 5.54. The molecule has 0 amide bonds. The van der Waals surface area contributed by atoms with E-state index < -0.39 is 0 Å². The van der Waals surface area contributed by atoms with Crippen LogP contribution in [0.5, 0.6) is 11.5 Å². The van der Waals surface area contributed by atoms with Crippen molar-refractivity contribution in [1.29, 1.82) is 0 Å². The van der Waals surface area contributed by atoms with E-state index in [0.29, 0.717) is 0 Å². The number of hydrogen-bond donors (Lipinski definition) is 0. The van der Waals surface area contributed by atoms with Gasteiger partial charge in [0.1, 0.15) is 0 Å². The van der Waals surface area contributed by atoms with E-state index in [2.05, 4.69) is 73.6 Å². The van der Waals surface area contributed by atoms with E-state index >= 15 is 0 Å². The van der Waals surface area contributed by atoms with Crippen LogP contribution in [-0.2, 0) is 0 Å². The lowest BCUT2D eigenvalue weighted by atomic mass is 9.92. The molecule has 0 radical (unpaired) electrons. The van der Waals surface area contributed by atoms with Crippen molar-refractivity contribution in [3.05, 3.63) is 64.7 Å². The summed E-state index contributed by atoms with van der Waals surface area (Å²) in [4.78, 5) is 2.20. The van der Waals surface area contributed by atoms with Crippen LogP contribution in [0.3, 0.4) is 0 Å². The van der Waals surface area contributed by atoms with E-state index in [4.69, 9.17) is 9.47 Å². The summed E-state index contributed by atoms with van der Waals surface area (Å²) in [5.74, 6) is 1.51. The predicted octanol–water partition coefficient (Wildman–Crippen LogP) is 4.57. The molecule has 0 fully saturated rings. The molecular weight excluding hydrogens is 310 g/mol. The van der Waals surface area contributed by atoms with E-state index in [1.54, 1.807) is 14.2 Å². The number of nitrogens with zero attached hydrogens (tertiary/aromatic N) is 1. The summed E-state index contributed by atoms with van der Waals surface area (Å²) in [6, 6.07) is 12.7. The molecule has 1 aliphatic rings. The fourth-order valence-corrected chi connectivity index (χ4v) is 3.17. The molecule has 0 heterocycles. The quantitative estimate of drug-likeness (QED) is 0.682. The summed E-state index contributed by atoms with van der Waals surface area (Å²) in [6.07, 6.45) is 7.65. The molecule has 0 aliphatic heterocycles. The van der Waals surface area contributed by atoms with E-state index in [1.165, 1.54) is 22.3 Å². The Kier molecular flexibility index (Phi) is 5.25. The molecule has 0 bridgehead atoms. The first kappa shape index (κ1) is 17.3. The zero-order valence-electron chi connectivity index (χ0n) is 15.4. The second-order valence-corrected chi connectivity index (χ2v) is 6.42. The highest BCUT2D eigenvalue weighted by atomic mass is 16.5. The zero-order chi connectivity index (χ0) is 17.8. The minimum atomic E-state index is 0.754. The third kappa shape index (κ3) is 3.62. The monoisotopic (exact) mass is 335 g/mol. The Labute approximate surface area is 150 Å². The fraction of sp³-hybridized carbons (Fsp3) is 0.273. The Hall–Kier alpha value is -2.52. The minimum absolute atomic E-state index is 0.754. The van der Waals surface area contributed by atoms with Crippen LogP contribution in [-0.4, -0.2) is 39.8 Å². The molecule has 2 aromatic rings. The Morgan fingerprint density at radius 1 is 0.880 bits per heavy atom. The smallest absolute Gasteiger partial charge is 0.161 e. The molecule has 0 spiro atoms. The topological polar surface area (TPSA) is 21.7 Å². The van der Waals surface area contributed by atoms with Crippen LogP contribution in [0.15, 0.2) is 42.5 Å². The number of ether oxygens (including phenoxy) is 2. The van der Waals surface area contributed by atoms with Gasteiger partial charge >= 0.3 is 0 Å². The highest BCUT2D eigenvalue weighted by Crippen LogP contribution is 2.39. The van der Waals surface area contributed by atoms with Gasteiger partial charge in [-0.15, -0.1) is 0 Å². The summed E-state index contributed by atoms with van der Waals surface area (Å²) in [6.45, 7) is 1.02. The molecule has 3 nitrogen and oxygen atoms in total. The van der Waals surface area contributed by atoms with E-state index in [1.807, 2.05) is 0 Å². The number of benzene rings is 2. The first-order valence-corrected chi connectivity index (χ1v) is 8.53. The van der Waals surface area contributed by atoms with Crippen LogP contribution in [0, 0.1) is 0 Å². The molecule has 130 valence electrons. The summed E-state index contributed by atoms with van der Waals surface area (Å²) >= 11 is 0. The number of fused-ring (bicyclic) bond motifs is 2. The molecule has 1 aliphatic carbocycles. The Morgan fingerprint density at radius 3 is 2.28 bits per heavy atom. The Balaban J connectivity index is 2.17. The van der Waals surface area contributed by atoms with Crippen LogP contribution < -0.4 is 9.47 Å². The van der Waals surface area contributed by atoms with Crippen molar-refractivity contribution in [2.24, 2.45) is 0 Å². The molecule has 0 atom stereocenters. The molecule has 0 aromatic heterocycles. The first-order chi connectivity index (χ1) is 12.1. The SMILES string of the molecule is COc1cc2c(cc1OC)/C(=C\CCN(C)C)c1ccccc1C=C2. The van der Waals surface area contributed by atoms with Crippen molar-refractivity contribution < 1.29 is 9.47 Å². The van der Waals surface area contributed by atoms with Crippen LogP contribution in [0.4, 0.5) is 0 Å². The number of hydrogen-bond acceptors (Lipinski definition) is 3. The van der Waals surface area contributed by atoms with Gasteiger partial charge in [-0.05, 0) is 60.5 Å². The second-order valence-electron chi connectivity index (χ2n) is 6.42. The van der Waals surface area contributed by atoms with E-state index in [9.17, 15) is 0 Å². The molecule has 0 saturated carbocycles. The van der Waals surface area contributed by atoms with Crippen LogP contribution in [0.2, 0.25) is 0 Å². The summed E-state index contributed by atoms with van der Waals surface area (Å²) in [5, 5.41) is 0. The van der Waals surface area contributed by atoms with Crippen LogP contribution in [0.25, 0.3) is 17.7 Å². The van der Waals surface area contributed by atoms with Gasteiger partial charge in [0, 0.05) is 6.54 Å². The average molecular weight is 335 g/mol. The third-order valence-corrected chi connectivity index (χ3v) is 4.46. The molecule has 3 heteroatoms. The molecule has 3 rings (SSSR count). The highest BCUT2D eigenvalue weighted by Gasteiger charge is 2.18. The summed E-state index contributed by atoms with van der Waals surface area (Å²) in [5.41, 5.74) is 6.05. The van der Waals surface area contributed by atoms with E-state index in [-0.39, 0.29) is 0 Å². The molecular formula is C22H25NO2. The molecule has 0 unspecified atom stereocenters. The number of methoxy groups -OCH3 is 2. The molecule has 2 aromatic carbocycles. The van der Waals surface area contributed by atoms with Crippen molar-refractivity contribution in [3.8, 4) is 11.5 Å². The van der Waals surface area contributed by atoms with Crippen molar-refractivity contribution >= 4 is 17.7 Å². The second kappa shape index (κ2) is 7.58. The van der Waals surface area contributed by atoms with Gasteiger partial charge in [-0.2, -0.15) is 0 Å². The lowest BCUT2D eigenvalue weighted by Gasteiger charge is -2.16. The average Bonchev–Trinajstić information content (AvgIpc) is 2.77. The molecule has 0 saturated heterocycles. The number of rotatable bonds is 5.